The Morgan fingerprint density at radius 1 is 0.846 bits per heavy atom. The monoisotopic (exact) mass is 725 g/mol. The molecule has 1 N–H and O–H groups in total. The second kappa shape index (κ2) is 14.2. The summed E-state index contributed by atoms with van der Waals surface area (Å²) in [7, 11) is 1.67. The Balaban J connectivity index is 1.01. The Bertz CT molecular complexity index is 1410. The second-order valence-corrected chi connectivity index (χ2v) is 17.7. The molecule has 0 aromatic carbocycles. The molecule has 1 saturated carbocycles. The molecule has 52 heavy (non-hydrogen) atoms. The number of aliphatic hydroxyl groups is 1. The molecule has 0 aromatic heterocycles. The van der Waals surface area contributed by atoms with Gasteiger partial charge < -0.3 is 43.0 Å². The number of aliphatic hydroxyl groups excluding tert-OH is 1. The van der Waals surface area contributed by atoms with Crippen LogP contribution in [0.1, 0.15) is 90.4 Å². The minimum Gasteiger partial charge on any atom is -0.391 e. The summed E-state index contributed by atoms with van der Waals surface area (Å²) >= 11 is 0. The SMILES string of the molecule is C=NCC(O)CC1OC2CC3OC(CC(C)C3=C)CC3OC(CCC45OC6CC4OC4C6CC6CCC(CC(=O)CC2C1OC)OC6C4O5)CC3=C. The number of ketones is 1. The number of fused-ring (bicyclic) bond motifs is 8. The van der Waals surface area contributed by atoms with Crippen molar-refractivity contribution in [2.45, 2.75) is 182 Å². The van der Waals surface area contributed by atoms with Gasteiger partial charge in [-0.1, -0.05) is 20.1 Å². The Kier molecular flexibility index (Phi) is 9.86. The van der Waals surface area contributed by atoms with E-state index in [1.165, 1.54) is 0 Å². The fourth-order valence-electron chi connectivity index (χ4n) is 11.9. The highest BCUT2D eigenvalue weighted by molar-refractivity contribution is 5.79. The van der Waals surface area contributed by atoms with E-state index >= 15 is 0 Å². The average Bonchev–Trinajstić information content (AvgIpc) is 3.72. The van der Waals surface area contributed by atoms with E-state index in [-0.39, 0.29) is 97.4 Å². The summed E-state index contributed by atoms with van der Waals surface area (Å²) in [5.41, 5.74) is 2.17. The van der Waals surface area contributed by atoms with Crippen molar-refractivity contribution in [2.75, 3.05) is 13.7 Å². The normalized spacial score (nSPS) is 52.1. The van der Waals surface area contributed by atoms with Gasteiger partial charge in [-0.05, 0) is 68.2 Å². The van der Waals surface area contributed by atoms with Crippen LogP contribution in [0.3, 0.4) is 0 Å². The lowest BCUT2D eigenvalue weighted by Crippen LogP contribution is -2.66. The first kappa shape index (κ1) is 36.1. The minimum absolute atomic E-state index is 0.0252. The summed E-state index contributed by atoms with van der Waals surface area (Å²) in [5.74, 6) is 0.0577. The molecular formula is C41H59NO10. The fourth-order valence-corrected chi connectivity index (χ4v) is 11.9. The van der Waals surface area contributed by atoms with E-state index in [1.54, 1.807) is 7.11 Å². The van der Waals surface area contributed by atoms with Crippen molar-refractivity contribution in [1.82, 2.24) is 0 Å². The largest absolute Gasteiger partial charge is 0.391 e. The molecule has 9 aliphatic rings. The first-order valence-corrected chi connectivity index (χ1v) is 20.3. The van der Waals surface area contributed by atoms with E-state index in [2.05, 4.69) is 31.8 Å². The van der Waals surface area contributed by atoms with Gasteiger partial charge in [0.25, 0.3) is 0 Å². The van der Waals surface area contributed by atoms with Crippen LogP contribution in [0.2, 0.25) is 0 Å². The summed E-state index contributed by atoms with van der Waals surface area (Å²) in [6.07, 6.45) is 6.62. The average molecular weight is 726 g/mol. The molecule has 11 nitrogen and oxygen atoms in total. The Labute approximate surface area is 308 Å². The second-order valence-electron chi connectivity index (χ2n) is 17.7. The molecule has 11 bridgehead atoms. The molecule has 288 valence electrons. The molecular weight excluding hydrogens is 666 g/mol. The molecule has 0 radical (unpaired) electrons. The van der Waals surface area contributed by atoms with Crippen molar-refractivity contribution in [2.24, 2.45) is 28.7 Å². The van der Waals surface area contributed by atoms with Crippen LogP contribution >= 0.6 is 0 Å². The van der Waals surface area contributed by atoms with Crippen LogP contribution in [-0.2, 0) is 42.7 Å². The standard InChI is InChI=1S/C41H59NO10/c1-20-10-28-16-31-21(2)11-27(46-31)8-9-41-36-18-34(51-41)29-12-23-6-7-26(48-37(23)40(52-41)39(29)50-36)13-24(43)14-30-33(17-32(47-28)22(20)3)49-35(38(30)45-5)15-25(44)19-42-4/h20,23,25-40,44H,2-4,6-19H2,1,5H3. The highest BCUT2D eigenvalue weighted by atomic mass is 16.8. The molecule has 9 rings (SSSR count). The molecule has 0 aromatic rings. The van der Waals surface area contributed by atoms with Gasteiger partial charge in [-0.15, -0.1) is 0 Å². The number of hydrogen-bond acceptors (Lipinski definition) is 11. The lowest BCUT2D eigenvalue weighted by atomic mass is 9.68. The molecule has 8 saturated heterocycles. The van der Waals surface area contributed by atoms with Crippen LogP contribution in [0.5, 0.6) is 0 Å². The number of Topliss-reactive ketones (excluding diaryl/α,β-unsaturated/α-hetero) is 1. The van der Waals surface area contributed by atoms with Crippen molar-refractivity contribution in [1.29, 1.82) is 0 Å². The molecule has 8 heterocycles. The van der Waals surface area contributed by atoms with Gasteiger partial charge in [0, 0.05) is 63.9 Å². The van der Waals surface area contributed by atoms with Crippen LogP contribution < -0.4 is 0 Å². The van der Waals surface area contributed by atoms with Gasteiger partial charge in [-0.3, -0.25) is 9.79 Å². The lowest BCUT2D eigenvalue weighted by Gasteiger charge is -2.55. The molecule has 8 aliphatic heterocycles. The van der Waals surface area contributed by atoms with Crippen molar-refractivity contribution in [3.8, 4) is 0 Å². The van der Waals surface area contributed by atoms with Gasteiger partial charge in [0.1, 0.15) is 18.0 Å². The number of hydrogen-bond donors (Lipinski definition) is 1. The van der Waals surface area contributed by atoms with Crippen LogP contribution in [-0.4, -0.2) is 123 Å². The van der Waals surface area contributed by atoms with Gasteiger partial charge >= 0.3 is 0 Å². The first-order valence-electron chi connectivity index (χ1n) is 20.3. The topological polar surface area (TPSA) is 124 Å². The molecule has 9 fully saturated rings. The lowest BCUT2D eigenvalue weighted by molar-refractivity contribution is -0.357. The van der Waals surface area contributed by atoms with Gasteiger partial charge in [-0.2, -0.15) is 0 Å². The smallest absolute Gasteiger partial charge is 0.195 e. The first-order chi connectivity index (χ1) is 25.1. The van der Waals surface area contributed by atoms with E-state index in [9.17, 15) is 9.90 Å². The minimum atomic E-state index is -0.795. The van der Waals surface area contributed by atoms with E-state index < -0.39 is 18.0 Å². The summed E-state index contributed by atoms with van der Waals surface area (Å²) < 4.78 is 54.1. The summed E-state index contributed by atoms with van der Waals surface area (Å²) in [4.78, 5) is 18.0. The summed E-state index contributed by atoms with van der Waals surface area (Å²) in [6, 6.07) is 0. The zero-order valence-corrected chi connectivity index (χ0v) is 31.0. The van der Waals surface area contributed by atoms with Gasteiger partial charge in [0.2, 0.25) is 0 Å². The van der Waals surface area contributed by atoms with Crippen LogP contribution in [0.15, 0.2) is 29.3 Å². The Morgan fingerprint density at radius 3 is 2.50 bits per heavy atom. The number of carbonyl (C=O) groups is 1. The van der Waals surface area contributed by atoms with Gasteiger partial charge in [0.05, 0.1) is 79.8 Å². The third kappa shape index (κ3) is 6.41. The van der Waals surface area contributed by atoms with E-state index in [0.717, 1.165) is 62.5 Å². The van der Waals surface area contributed by atoms with Crippen LogP contribution in [0, 0.1) is 23.7 Å². The molecule has 1 aliphatic carbocycles. The van der Waals surface area contributed by atoms with E-state index in [4.69, 9.17) is 37.9 Å². The maximum Gasteiger partial charge on any atom is 0.195 e. The Hall–Kier alpha value is -1.54. The maximum atomic E-state index is 14.1. The molecule has 11 heteroatoms. The molecule has 1 spiro atoms. The van der Waals surface area contributed by atoms with Crippen molar-refractivity contribution in [3.05, 3.63) is 24.3 Å². The number of methoxy groups -OCH3 is 1. The predicted molar refractivity (Wildman–Crippen MR) is 190 cm³/mol. The van der Waals surface area contributed by atoms with Crippen LogP contribution in [0.25, 0.3) is 0 Å². The van der Waals surface area contributed by atoms with Gasteiger partial charge in [-0.25, -0.2) is 0 Å². The highest BCUT2D eigenvalue weighted by Crippen LogP contribution is 2.58. The number of aliphatic imine (C=N–C) groups is 1. The number of carbonyl (C=O) groups excluding carboxylic acids is 1. The third-order valence-electron chi connectivity index (χ3n) is 14.5. The van der Waals surface area contributed by atoms with Crippen molar-refractivity contribution >= 4 is 12.5 Å². The van der Waals surface area contributed by atoms with Crippen molar-refractivity contribution in [3.63, 3.8) is 0 Å². The zero-order chi connectivity index (χ0) is 35.9. The molecule has 19 atom stereocenters. The highest BCUT2D eigenvalue weighted by Gasteiger charge is 2.68. The van der Waals surface area contributed by atoms with E-state index in [1.807, 2.05) is 0 Å². The van der Waals surface area contributed by atoms with Crippen molar-refractivity contribution < 1.29 is 47.8 Å². The number of ether oxygens (including phenoxy) is 8. The van der Waals surface area contributed by atoms with Gasteiger partial charge in [0.15, 0.2) is 5.79 Å². The summed E-state index contributed by atoms with van der Waals surface area (Å²) in [6.45, 7) is 14.9. The molecule has 19 unspecified atom stereocenters. The zero-order valence-electron chi connectivity index (χ0n) is 31.0. The summed E-state index contributed by atoms with van der Waals surface area (Å²) in [5, 5.41) is 10.7. The maximum absolute atomic E-state index is 14.1. The number of nitrogens with zero attached hydrogens (tertiary/aromatic N) is 1. The van der Waals surface area contributed by atoms with E-state index in [0.29, 0.717) is 43.9 Å². The third-order valence-corrected chi connectivity index (χ3v) is 14.5. The fraction of sp³-hybridized carbons (Fsp3) is 0.854. The quantitative estimate of drug-likeness (QED) is 0.317. The predicted octanol–water partition coefficient (Wildman–Crippen LogP) is 4.66. The Morgan fingerprint density at radius 2 is 1.67 bits per heavy atom. The molecule has 0 amide bonds. The van der Waals surface area contributed by atoms with Crippen LogP contribution in [0.4, 0.5) is 0 Å². The number of rotatable bonds is 5.